The third-order valence-electron chi connectivity index (χ3n) is 4.94. The zero-order valence-corrected chi connectivity index (χ0v) is 18.2. The van der Waals surface area contributed by atoms with E-state index >= 15 is 0 Å². The van der Waals surface area contributed by atoms with E-state index in [2.05, 4.69) is 10.0 Å². The summed E-state index contributed by atoms with van der Waals surface area (Å²) in [7, 11) is -3.77. The molecule has 0 spiro atoms. The maximum absolute atomic E-state index is 12.9. The van der Waals surface area contributed by atoms with E-state index in [0.29, 0.717) is 24.3 Å². The normalized spacial score (nSPS) is 14.1. The van der Waals surface area contributed by atoms with Gasteiger partial charge in [0.1, 0.15) is 0 Å². The first-order chi connectivity index (χ1) is 14.9. The quantitative estimate of drug-likeness (QED) is 0.569. The van der Waals surface area contributed by atoms with E-state index in [-0.39, 0.29) is 22.9 Å². The molecule has 0 bridgehead atoms. The molecule has 7 nitrogen and oxygen atoms in total. The van der Waals surface area contributed by atoms with E-state index in [4.69, 9.17) is 0 Å². The maximum atomic E-state index is 12.9. The molecule has 1 aromatic heterocycles. The number of anilines is 2. The van der Waals surface area contributed by atoms with Crippen molar-refractivity contribution in [1.29, 1.82) is 0 Å². The fourth-order valence-corrected chi connectivity index (χ4v) is 5.17. The molecule has 31 heavy (non-hydrogen) atoms. The van der Waals surface area contributed by atoms with Gasteiger partial charge in [0.15, 0.2) is 0 Å². The average Bonchev–Trinajstić information content (AvgIpc) is 3.44. The van der Waals surface area contributed by atoms with E-state index in [9.17, 15) is 18.0 Å². The minimum Gasteiger partial charge on any atom is -0.320 e. The van der Waals surface area contributed by atoms with Crippen molar-refractivity contribution in [2.24, 2.45) is 0 Å². The van der Waals surface area contributed by atoms with E-state index in [0.717, 1.165) is 11.3 Å². The van der Waals surface area contributed by atoms with Gasteiger partial charge in [-0.15, -0.1) is 11.3 Å². The van der Waals surface area contributed by atoms with Crippen LogP contribution in [0.5, 0.6) is 0 Å². The van der Waals surface area contributed by atoms with Gasteiger partial charge in [0.2, 0.25) is 15.9 Å². The third-order valence-corrected chi connectivity index (χ3v) is 7.21. The Morgan fingerprint density at radius 2 is 1.90 bits per heavy atom. The Morgan fingerprint density at radius 1 is 1.06 bits per heavy atom. The number of thiophene rings is 1. The van der Waals surface area contributed by atoms with Crippen LogP contribution in [0.15, 0.2) is 70.9 Å². The topological polar surface area (TPSA) is 95.6 Å². The first-order valence-corrected chi connectivity index (χ1v) is 12.1. The summed E-state index contributed by atoms with van der Waals surface area (Å²) in [5.74, 6) is -0.430. The van der Waals surface area contributed by atoms with Crippen molar-refractivity contribution in [3.63, 3.8) is 0 Å². The number of amides is 2. The predicted octanol–water partition coefficient (Wildman–Crippen LogP) is 3.61. The van der Waals surface area contributed by atoms with Crippen molar-refractivity contribution in [2.75, 3.05) is 16.8 Å². The molecule has 2 N–H and O–H groups in total. The summed E-state index contributed by atoms with van der Waals surface area (Å²) in [6, 6.07) is 16.7. The molecule has 2 heterocycles. The fraction of sp³-hybridized carbons (Fsp3) is 0.182. The lowest BCUT2D eigenvalue weighted by Crippen LogP contribution is -2.26. The van der Waals surface area contributed by atoms with Gasteiger partial charge in [-0.2, -0.15) is 0 Å². The number of nitrogens with zero attached hydrogens (tertiary/aromatic N) is 1. The van der Waals surface area contributed by atoms with Gasteiger partial charge in [-0.1, -0.05) is 24.3 Å². The lowest BCUT2D eigenvalue weighted by molar-refractivity contribution is -0.117. The molecule has 2 aromatic carbocycles. The molecular weight excluding hydrogens is 434 g/mol. The molecule has 2 amide bonds. The summed E-state index contributed by atoms with van der Waals surface area (Å²) in [4.78, 5) is 27.5. The largest absolute Gasteiger partial charge is 0.320 e. The lowest BCUT2D eigenvalue weighted by Gasteiger charge is -2.20. The first-order valence-electron chi connectivity index (χ1n) is 9.77. The molecule has 0 aliphatic carbocycles. The zero-order chi connectivity index (χ0) is 21.8. The summed E-state index contributed by atoms with van der Waals surface area (Å²) in [6.45, 7) is 0.795. The number of hydrogen-bond acceptors (Lipinski definition) is 5. The SMILES string of the molecule is O=C(Nc1ccccc1N1CCCC1=O)c1cccc(S(=O)(=O)NCc2cccs2)c1. The summed E-state index contributed by atoms with van der Waals surface area (Å²) < 4.78 is 27.8. The monoisotopic (exact) mass is 455 g/mol. The van der Waals surface area contributed by atoms with E-state index in [1.807, 2.05) is 23.6 Å². The minimum atomic E-state index is -3.77. The van der Waals surface area contributed by atoms with Crippen molar-refractivity contribution in [2.45, 2.75) is 24.3 Å². The summed E-state index contributed by atoms with van der Waals surface area (Å²) in [6.07, 6.45) is 1.26. The standard InChI is InChI=1S/C22H21N3O4S2/c26-21-11-4-12-25(21)20-10-2-1-9-19(20)24-22(27)16-6-3-8-18(14-16)31(28,29)23-15-17-7-5-13-30-17/h1-3,5-10,13-14,23H,4,11-12,15H2,(H,24,27). The van der Waals surface area contributed by atoms with Gasteiger partial charge in [0.05, 0.1) is 16.3 Å². The van der Waals surface area contributed by atoms with Crippen LogP contribution in [0.1, 0.15) is 28.1 Å². The van der Waals surface area contributed by atoms with Gasteiger partial charge < -0.3 is 10.2 Å². The Kier molecular flexibility index (Phi) is 6.17. The van der Waals surface area contributed by atoms with Crippen molar-refractivity contribution in [3.05, 3.63) is 76.5 Å². The maximum Gasteiger partial charge on any atom is 0.255 e. The van der Waals surface area contributed by atoms with Crippen LogP contribution >= 0.6 is 11.3 Å². The highest BCUT2D eigenvalue weighted by atomic mass is 32.2. The third kappa shape index (κ3) is 4.84. The Bertz CT molecular complexity index is 1210. The van der Waals surface area contributed by atoms with Gasteiger partial charge in [-0.05, 0) is 48.2 Å². The first kappa shape index (κ1) is 21.2. The number of para-hydroxylation sites is 2. The molecule has 3 aromatic rings. The predicted molar refractivity (Wildman–Crippen MR) is 121 cm³/mol. The number of rotatable bonds is 7. The second-order valence-electron chi connectivity index (χ2n) is 7.05. The Balaban J connectivity index is 1.52. The lowest BCUT2D eigenvalue weighted by atomic mass is 10.2. The van der Waals surface area contributed by atoms with Crippen LogP contribution in [0.2, 0.25) is 0 Å². The Morgan fingerprint density at radius 3 is 2.65 bits per heavy atom. The van der Waals surface area contributed by atoms with Crippen LogP contribution in [-0.4, -0.2) is 26.8 Å². The van der Waals surface area contributed by atoms with E-state index in [1.54, 1.807) is 29.2 Å². The number of nitrogens with one attached hydrogen (secondary N) is 2. The second-order valence-corrected chi connectivity index (χ2v) is 9.85. The highest BCUT2D eigenvalue weighted by Gasteiger charge is 2.24. The molecular formula is C22H21N3O4S2. The number of hydrogen-bond donors (Lipinski definition) is 2. The molecule has 0 saturated carbocycles. The number of sulfonamides is 1. The van der Waals surface area contributed by atoms with Gasteiger partial charge in [0, 0.05) is 30.0 Å². The summed E-state index contributed by atoms with van der Waals surface area (Å²) in [5, 5.41) is 4.69. The van der Waals surface area contributed by atoms with Crippen LogP contribution in [0.4, 0.5) is 11.4 Å². The van der Waals surface area contributed by atoms with Crippen LogP contribution in [-0.2, 0) is 21.4 Å². The van der Waals surface area contributed by atoms with Crippen molar-refractivity contribution in [1.82, 2.24) is 4.72 Å². The molecule has 0 radical (unpaired) electrons. The van der Waals surface area contributed by atoms with Crippen LogP contribution in [0.25, 0.3) is 0 Å². The molecule has 4 rings (SSSR count). The highest BCUT2D eigenvalue weighted by Crippen LogP contribution is 2.29. The van der Waals surface area contributed by atoms with Gasteiger partial charge in [0.25, 0.3) is 5.91 Å². The van der Waals surface area contributed by atoms with Crippen LogP contribution in [0, 0.1) is 0 Å². The van der Waals surface area contributed by atoms with Crippen LogP contribution in [0.3, 0.4) is 0 Å². The van der Waals surface area contributed by atoms with Crippen molar-refractivity contribution in [3.8, 4) is 0 Å². The molecule has 0 unspecified atom stereocenters. The Labute approximate surface area is 184 Å². The van der Waals surface area contributed by atoms with Gasteiger partial charge in [-0.3, -0.25) is 9.59 Å². The molecule has 1 fully saturated rings. The highest BCUT2D eigenvalue weighted by molar-refractivity contribution is 7.89. The fourth-order valence-electron chi connectivity index (χ4n) is 3.38. The van der Waals surface area contributed by atoms with Crippen molar-refractivity contribution >= 4 is 44.5 Å². The number of carbonyl (C=O) groups is 2. The van der Waals surface area contributed by atoms with E-state index in [1.165, 1.54) is 29.5 Å². The molecule has 1 saturated heterocycles. The minimum absolute atomic E-state index is 0.0136. The molecule has 9 heteroatoms. The molecule has 0 atom stereocenters. The van der Waals surface area contributed by atoms with Gasteiger partial charge in [-0.25, -0.2) is 13.1 Å². The Hall–Kier alpha value is -3.01. The summed E-state index contributed by atoms with van der Waals surface area (Å²) >= 11 is 1.46. The average molecular weight is 456 g/mol. The second kappa shape index (κ2) is 9.01. The molecule has 160 valence electrons. The smallest absolute Gasteiger partial charge is 0.255 e. The van der Waals surface area contributed by atoms with Crippen molar-refractivity contribution < 1.29 is 18.0 Å². The zero-order valence-electron chi connectivity index (χ0n) is 16.6. The summed E-state index contributed by atoms with van der Waals surface area (Å²) in [5.41, 5.74) is 1.35. The molecule has 1 aliphatic rings. The van der Waals surface area contributed by atoms with E-state index < -0.39 is 15.9 Å². The molecule has 1 aliphatic heterocycles. The number of benzene rings is 2. The van der Waals surface area contributed by atoms with Gasteiger partial charge >= 0.3 is 0 Å². The van der Waals surface area contributed by atoms with Crippen LogP contribution < -0.4 is 14.9 Å². The number of carbonyl (C=O) groups excluding carboxylic acids is 2.